The van der Waals surface area contributed by atoms with Crippen molar-refractivity contribution in [1.29, 1.82) is 0 Å². The van der Waals surface area contributed by atoms with Gasteiger partial charge >= 0.3 is 0 Å². The van der Waals surface area contributed by atoms with E-state index in [1.54, 1.807) is 0 Å². The predicted molar refractivity (Wildman–Crippen MR) is 70.8 cm³/mol. The van der Waals surface area contributed by atoms with Crippen LogP contribution in [0.5, 0.6) is 0 Å². The molecular weight excluding hydrogens is 310 g/mol. The minimum absolute atomic E-state index is 0. The number of hydrogen-bond acceptors (Lipinski definition) is 7. The molecule has 0 aromatic carbocycles. The van der Waals surface area contributed by atoms with Crippen LogP contribution in [0.2, 0.25) is 0 Å². The quantitative estimate of drug-likeness (QED) is 0.198. The zero-order valence-electron chi connectivity index (χ0n) is 12.4. The molecule has 0 bridgehead atoms. The lowest BCUT2D eigenvalue weighted by Gasteiger charge is -2.22. The lowest BCUT2D eigenvalue weighted by Crippen LogP contribution is -3.00. The summed E-state index contributed by atoms with van der Waals surface area (Å²) in [4.78, 5) is 9.90. The maximum Gasteiger partial charge on any atom is 0.151 e. The molecule has 0 aromatic heterocycles. The number of carbonyl (C=O) groups is 1. The van der Waals surface area contributed by atoms with Crippen molar-refractivity contribution in [3.63, 3.8) is 0 Å². The fourth-order valence-corrected chi connectivity index (χ4v) is 0.918. The highest BCUT2D eigenvalue weighted by Gasteiger charge is 2.29. The van der Waals surface area contributed by atoms with Crippen molar-refractivity contribution in [2.45, 2.75) is 24.4 Å². The van der Waals surface area contributed by atoms with Crippen LogP contribution in [-0.2, 0) is 4.79 Å². The number of aldehydes is 1. The van der Waals surface area contributed by atoms with Crippen molar-refractivity contribution in [2.24, 2.45) is 0 Å². The number of nitrogens with zero attached hydrogens (tertiary/aromatic N) is 1. The van der Waals surface area contributed by atoms with Crippen LogP contribution in [0.25, 0.3) is 0 Å². The first-order valence-corrected chi connectivity index (χ1v) is 5.80. The van der Waals surface area contributed by atoms with Gasteiger partial charge in [0.2, 0.25) is 0 Å². The number of halogens is 1. The minimum atomic E-state index is -1.79. The van der Waals surface area contributed by atoms with E-state index in [4.69, 9.17) is 30.6 Å². The van der Waals surface area contributed by atoms with E-state index < -0.39 is 31.0 Å². The SMILES string of the molecule is C[N+](C)(C)CCO.O.O=CC(O)C(O)C(O)C(O)CO.[Cl-]. The molecule has 8 N–H and O–H groups in total. The Bertz CT molecular complexity index is 239. The molecule has 0 radical (unpaired) electrons. The van der Waals surface area contributed by atoms with Crippen LogP contribution >= 0.6 is 0 Å². The summed E-state index contributed by atoms with van der Waals surface area (Å²) >= 11 is 0. The van der Waals surface area contributed by atoms with Gasteiger partial charge in [0.15, 0.2) is 6.29 Å². The number of aliphatic hydroxyl groups is 6. The van der Waals surface area contributed by atoms with Gasteiger partial charge in [0.25, 0.3) is 0 Å². The van der Waals surface area contributed by atoms with Crippen LogP contribution in [0.15, 0.2) is 0 Å². The lowest BCUT2D eigenvalue weighted by atomic mass is 10.0. The molecule has 9 nitrogen and oxygen atoms in total. The number of hydrogen-bond donors (Lipinski definition) is 6. The van der Waals surface area contributed by atoms with E-state index in [0.29, 0.717) is 0 Å². The molecule has 0 amide bonds. The third kappa shape index (κ3) is 15.8. The fraction of sp³-hybridized carbons (Fsp3) is 0.909. The molecule has 0 fully saturated rings. The van der Waals surface area contributed by atoms with E-state index in [2.05, 4.69) is 21.1 Å². The highest BCUT2D eigenvalue weighted by atomic mass is 35.5. The van der Waals surface area contributed by atoms with Crippen LogP contribution in [0.1, 0.15) is 0 Å². The van der Waals surface area contributed by atoms with E-state index in [1.807, 2.05) is 0 Å². The summed E-state index contributed by atoms with van der Waals surface area (Å²) in [6.07, 6.45) is -6.84. The predicted octanol–water partition coefficient (Wildman–Crippen LogP) is -7.51. The third-order valence-corrected chi connectivity index (χ3v) is 2.19. The summed E-state index contributed by atoms with van der Waals surface area (Å²) in [5.41, 5.74) is 0. The molecule has 4 unspecified atom stereocenters. The molecule has 0 aliphatic heterocycles. The van der Waals surface area contributed by atoms with Gasteiger partial charge in [-0.25, -0.2) is 0 Å². The molecule has 0 spiro atoms. The maximum atomic E-state index is 9.90. The van der Waals surface area contributed by atoms with Gasteiger partial charge in [0.05, 0.1) is 34.4 Å². The minimum Gasteiger partial charge on any atom is -1.00 e. The summed E-state index contributed by atoms with van der Waals surface area (Å²) in [6, 6.07) is 0. The van der Waals surface area contributed by atoms with Crippen molar-refractivity contribution >= 4 is 6.29 Å². The number of likely N-dealkylation sites (N-methyl/N-ethyl adjacent to an activating group) is 1. The molecular formula is C11H28ClNO8. The van der Waals surface area contributed by atoms with Crippen LogP contribution < -0.4 is 12.4 Å². The number of aliphatic hydroxyl groups excluding tert-OH is 6. The fourth-order valence-electron chi connectivity index (χ4n) is 0.918. The number of carbonyl (C=O) groups excluding carboxylic acids is 1. The summed E-state index contributed by atoms with van der Waals surface area (Å²) in [5.74, 6) is 0. The Morgan fingerprint density at radius 2 is 1.43 bits per heavy atom. The zero-order valence-corrected chi connectivity index (χ0v) is 13.2. The molecule has 0 rings (SSSR count). The molecule has 10 heteroatoms. The molecule has 0 heterocycles. The van der Waals surface area contributed by atoms with Crippen LogP contribution in [0.3, 0.4) is 0 Å². The van der Waals surface area contributed by atoms with Crippen molar-refractivity contribution in [3.8, 4) is 0 Å². The number of rotatable bonds is 7. The highest BCUT2D eigenvalue weighted by molar-refractivity contribution is 5.56. The molecule has 21 heavy (non-hydrogen) atoms. The Balaban J connectivity index is -0.000000140. The van der Waals surface area contributed by atoms with Crippen molar-refractivity contribution in [1.82, 2.24) is 0 Å². The van der Waals surface area contributed by atoms with Gasteiger partial charge in [0, 0.05) is 0 Å². The average Bonchev–Trinajstić information content (AvgIpc) is 2.34. The molecule has 0 aliphatic carbocycles. The first-order valence-electron chi connectivity index (χ1n) is 5.80. The second-order valence-corrected chi connectivity index (χ2v) is 5.10. The van der Waals surface area contributed by atoms with Crippen molar-refractivity contribution in [3.05, 3.63) is 0 Å². The maximum absolute atomic E-state index is 9.90. The lowest BCUT2D eigenvalue weighted by molar-refractivity contribution is -0.870. The third-order valence-electron chi connectivity index (χ3n) is 2.19. The van der Waals surface area contributed by atoms with Crippen molar-refractivity contribution < 1.29 is 57.8 Å². The molecule has 0 aliphatic rings. The Morgan fingerprint density at radius 1 is 1.00 bits per heavy atom. The van der Waals surface area contributed by atoms with Crippen LogP contribution in [0.4, 0.5) is 0 Å². The summed E-state index contributed by atoms with van der Waals surface area (Å²) in [5, 5.41) is 51.9. The van der Waals surface area contributed by atoms with Gasteiger partial charge in [-0.1, -0.05) is 0 Å². The van der Waals surface area contributed by atoms with Gasteiger partial charge in [-0.15, -0.1) is 0 Å². The summed E-state index contributed by atoms with van der Waals surface area (Å²) in [6.45, 7) is 0.354. The second-order valence-electron chi connectivity index (χ2n) is 5.10. The molecule has 0 aromatic rings. The van der Waals surface area contributed by atoms with E-state index in [0.717, 1.165) is 11.0 Å². The Kier molecular flexibility index (Phi) is 20.0. The van der Waals surface area contributed by atoms with Crippen LogP contribution in [0, 0.1) is 0 Å². The van der Waals surface area contributed by atoms with E-state index in [1.165, 1.54) is 0 Å². The van der Waals surface area contributed by atoms with Gasteiger partial charge in [-0.2, -0.15) is 0 Å². The molecule has 132 valence electrons. The summed E-state index contributed by atoms with van der Waals surface area (Å²) < 4.78 is 0.844. The molecule has 4 atom stereocenters. The monoisotopic (exact) mass is 337 g/mol. The van der Waals surface area contributed by atoms with E-state index in [-0.39, 0.29) is 30.8 Å². The molecule has 0 saturated heterocycles. The number of quaternary nitrogens is 1. The largest absolute Gasteiger partial charge is 1.00 e. The molecule has 0 saturated carbocycles. The topological polar surface area (TPSA) is 170 Å². The summed E-state index contributed by atoms with van der Waals surface area (Å²) in [7, 11) is 6.16. The second kappa shape index (κ2) is 14.6. The Hall–Kier alpha value is -0.360. The smallest absolute Gasteiger partial charge is 0.151 e. The van der Waals surface area contributed by atoms with Gasteiger partial charge in [-0.3, -0.25) is 0 Å². The van der Waals surface area contributed by atoms with Gasteiger partial charge < -0.3 is 57.8 Å². The van der Waals surface area contributed by atoms with E-state index in [9.17, 15) is 4.79 Å². The Morgan fingerprint density at radius 3 is 1.62 bits per heavy atom. The van der Waals surface area contributed by atoms with Gasteiger partial charge in [0.1, 0.15) is 31.0 Å². The standard InChI is InChI=1S/C6H12O6.C5H14NO.ClH.H2O/c7-1-3(9)5(11)6(12)4(10)2-8;1-6(2,3)4-5-7;;/h1,3-6,8-12H,2H2;7H,4-5H2,1-3H3;1H;1H2/q;+1;;/p-1. The first-order chi connectivity index (χ1) is 8.60. The van der Waals surface area contributed by atoms with Crippen molar-refractivity contribution in [2.75, 3.05) is 40.9 Å². The zero-order chi connectivity index (χ0) is 15.6. The first kappa shape index (κ1) is 28.8. The van der Waals surface area contributed by atoms with Gasteiger partial charge in [-0.05, 0) is 0 Å². The Labute approximate surface area is 130 Å². The highest BCUT2D eigenvalue weighted by Crippen LogP contribution is 2.02. The normalized spacial score (nSPS) is 16.0. The average molecular weight is 338 g/mol. The van der Waals surface area contributed by atoms with Crippen LogP contribution in [-0.4, -0.2) is 112 Å². The van der Waals surface area contributed by atoms with E-state index >= 15 is 0 Å².